The van der Waals surface area contributed by atoms with Gasteiger partial charge in [0.05, 0.1) is 17.5 Å². The summed E-state index contributed by atoms with van der Waals surface area (Å²) >= 11 is 0. The Morgan fingerprint density at radius 1 is 1.04 bits per heavy atom. The zero-order valence-corrected chi connectivity index (χ0v) is 26.9. The van der Waals surface area contributed by atoms with Crippen molar-refractivity contribution in [1.29, 1.82) is 0 Å². The third-order valence-corrected chi connectivity index (χ3v) is 9.80. The van der Waals surface area contributed by atoms with Crippen LogP contribution >= 0.6 is 0 Å². The fraction of sp³-hybridized carbons (Fsp3) is 0.351. The maximum Gasteiger partial charge on any atom is 0.330 e. The number of carbonyl (C=O) groups excluding carboxylic acids is 1. The van der Waals surface area contributed by atoms with Gasteiger partial charge in [-0.1, -0.05) is 42.8 Å². The Balaban J connectivity index is 1.52. The van der Waals surface area contributed by atoms with Crippen molar-refractivity contribution in [2.45, 2.75) is 63.5 Å². The van der Waals surface area contributed by atoms with Crippen LogP contribution < -0.4 is 0 Å². The Bertz CT molecular complexity index is 1800. The van der Waals surface area contributed by atoms with E-state index in [4.69, 9.17) is 9.47 Å². The molecule has 1 saturated carbocycles. The summed E-state index contributed by atoms with van der Waals surface area (Å²) in [6.45, 7) is 4.83. The van der Waals surface area contributed by atoms with Gasteiger partial charge in [-0.25, -0.2) is 9.48 Å². The van der Waals surface area contributed by atoms with Crippen LogP contribution in [0.25, 0.3) is 28.1 Å². The third kappa shape index (κ3) is 6.58. The molecule has 1 saturated heterocycles. The topological polar surface area (TPSA) is 70.4 Å². The lowest BCUT2D eigenvalue weighted by molar-refractivity contribution is -0.137. The molecule has 2 aliphatic rings. The van der Waals surface area contributed by atoms with Crippen LogP contribution in [0.5, 0.6) is 0 Å². The number of aryl methyl sites for hydroxylation is 1. The summed E-state index contributed by atoms with van der Waals surface area (Å²) in [6, 6.07) is 20.1. The minimum Gasteiger partial charge on any atom is -0.463 e. The van der Waals surface area contributed by atoms with Gasteiger partial charge in [0.2, 0.25) is 5.95 Å². The second kappa shape index (κ2) is 13.6. The van der Waals surface area contributed by atoms with Gasteiger partial charge in [0.1, 0.15) is 0 Å². The minimum absolute atomic E-state index is 0.266. The van der Waals surface area contributed by atoms with Crippen LogP contribution in [0.4, 0.5) is 4.39 Å². The van der Waals surface area contributed by atoms with Crippen molar-refractivity contribution in [3.8, 4) is 0 Å². The van der Waals surface area contributed by atoms with Crippen molar-refractivity contribution >= 4 is 44.9 Å². The first-order valence-electron chi connectivity index (χ1n) is 15.8. The van der Waals surface area contributed by atoms with E-state index in [1.807, 2.05) is 36.4 Å². The summed E-state index contributed by atoms with van der Waals surface area (Å²) in [5.74, 6) is -0.550. The molecule has 6 rings (SSSR count). The molecular formula is C37H39FN2O4S. The van der Waals surface area contributed by atoms with Gasteiger partial charge in [-0.05, 0) is 121 Å². The molecule has 0 amide bonds. The molecule has 1 aliphatic heterocycles. The highest BCUT2D eigenvalue weighted by molar-refractivity contribution is 7.84. The second-order valence-electron chi connectivity index (χ2n) is 11.8. The van der Waals surface area contributed by atoms with E-state index in [1.54, 1.807) is 23.9 Å². The number of hydrogen-bond acceptors (Lipinski definition) is 5. The van der Waals surface area contributed by atoms with Crippen LogP contribution in [-0.2, 0) is 25.1 Å². The van der Waals surface area contributed by atoms with E-state index >= 15 is 4.39 Å². The molecule has 3 aromatic carbocycles. The van der Waals surface area contributed by atoms with Gasteiger partial charge < -0.3 is 9.47 Å². The van der Waals surface area contributed by atoms with Gasteiger partial charge in [-0.15, -0.1) is 5.10 Å². The Kier molecular flexibility index (Phi) is 9.42. The van der Waals surface area contributed by atoms with E-state index in [-0.39, 0.29) is 12.2 Å². The van der Waals surface area contributed by atoms with Crippen molar-refractivity contribution in [1.82, 2.24) is 9.78 Å². The molecule has 6 nitrogen and oxygen atoms in total. The maximum absolute atomic E-state index is 15.5. The largest absolute Gasteiger partial charge is 0.463 e. The lowest BCUT2D eigenvalue weighted by Crippen LogP contribution is -2.19. The normalized spacial score (nSPS) is 18.5. The Morgan fingerprint density at radius 2 is 1.82 bits per heavy atom. The first-order chi connectivity index (χ1) is 21.8. The maximum atomic E-state index is 15.5. The van der Waals surface area contributed by atoms with Crippen LogP contribution in [0.3, 0.4) is 0 Å². The number of esters is 1. The van der Waals surface area contributed by atoms with E-state index in [0.717, 1.165) is 82.3 Å². The molecule has 0 spiro atoms. The van der Waals surface area contributed by atoms with Crippen molar-refractivity contribution in [3.05, 3.63) is 101 Å². The van der Waals surface area contributed by atoms with E-state index in [1.165, 1.54) is 11.6 Å². The van der Waals surface area contributed by atoms with Gasteiger partial charge in [0.25, 0.3) is 0 Å². The number of allylic oxidation sites excluding steroid dienone is 1. The summed E-state index contributed by atoms with van der Waals surface area (Å²) in [7, 11) is -1.09. The molecule has 8 heteroatoms. The number of halogens is 1. The van der Waals surface area contributed by atoms with Crippen LogP contribution in [0.1, 0.15) is 79.5 Å². The van der Waals surface area contributed by atoms with Crippen LogP contribution in [0.2, 0.25) is 0 Å². The van der Waals surface area contributed by atoms with E-state index in [2.05, 4.69) is 36.3 Å². The molecule has 2 atom stereocenters. The summed E-state index contributed by atoms with van der Waals surface area (Å²) < 4.78 is 40.5. The predicted molar refractivity (Wildman–Crippen MR) is 177 cm³/mol. The van der Waals surface area contributed by atoms with Crippen LogP contribution in [0, 0.1) is 18.8 Å². The molecular weight excluding hydrogens is 587 g/mol. The van der Waals surface area contributed by atoms with Crippen LogP contribution in [-0.4, -0.2) is 39.4 Å². The average Bonchev–Trinajstić information content (AvgIpc) is 3.35. The predicted octanol–water partition coefficient (Wildman–Crippen LogP) is 8.26. The highest BCUT2D eigenvalue weighted by Crippen LogP contribution is 2.46. The Labute approximate surface area is 266 Å². The van der Waals surface area contributed by atoms with Gasteiger partial charge in [0, 0.05) is 34.6 Å². The number of benzene rings is 3. The van der Waals surface area contributed by atoms with Crippen molar-refractivity contribution in [3.63, 3.8) is 0 Å². The van der Waals surface area contributed by atoms with Gasteiger partial charge in [-0.3, -0.25) is 4.21 Å². The molecule has 1 aliphatic carbocycles. The standard InChI is InChI=1S/C37H39FN2O4S/c1-4-43-34(41)20-13-25-11-14-27(15-12-25)35(36(26-8-7-9-26)30-18-17-29(45(3)42)22-24(30)2)28-16-19-32-31(23-28)37(38)39-40(32)33-10-5-6-21-44-33/h11-20,22-23,26,33H,4-10,21H2,1-3H3. The fourth-order valence-electron chi connectivity index (χ4n) is 6.36. The van der Waals surface area contributed by atoms with E-state index < -0.39 is 16.7 Å². The molecule has 2 fully saturated rings. The number of fused-ring (bicyclic) bond motifs is 1. The molecule has 2 unspecified atom stereocenters. The quantitative estimate of drug-likeness (QED) is 0.106. The summed E-state index contributed by atoms with van der Waals surface area (Å²) in [5.41, 5.74) is 7.92. The number of hydrogen-bond donors (Lipinski definition) is 0. The lowest BCUT2D eigenvalue weighted by atomic mass is 9.72. The summed E-state index contributed by atoms with van der Waals surface area (Å²) in [6.07, 6.45) is 10.7. The first kappa shape index (κ1) is 31.1. The molecule has 1 aromatic heterocycles. The summed E-state index contributed by atoms with van der Waals surface area (Å²) in [4.78, 5) is 12.7. The van der Waals surface area contributed by atoms with Crippen molar-refractivity contribution < 1.29 is 22.9 Å². The zero-order chi connectivity index (χ0) is 31.5. The Morgan fingerprint density at radius 3 is 2.47 bits per heavy atom. The van der Waals surface area contributed by atoms with Crippen molar-refractivity contribution in [2.75, 3.05) is 19.5 Å². The second-order valence-corrected chi connectivity index (χ2v) is 13.2. The molecule has 0 radical (unpaired) electrons. The van der Waals surface area contributed by atoms with E-state index in [0.29, 0.717) is 24.5 Å². The van der Waals surface area contributed by atoms with Gasteiger partial charge >= 0.3 is 5.97 Å². The van der Waals surface area contributed by atoms with E-state index in [9.17, 15) is 9.00 Å². The zero-order valence-electron chi connectivity index (χ0n) is 26.1. The molecule has 234 valence electrons. The number of aromatic nitrogens is 2. The molecule has 2 heterocycles. The smallest absolute Gasteiger partial charge is 0.330 e. The third-order valence-electron chi connectivity index (χ3n) is 8.88. The monoisotopic (exact) mass is 626 g/mol. The average molecular weight is 627 g/mol. The molecule has 0 bridgehead atoms. The number of carbonyl (C=O) groups is 1. The highest BCUT2D eigenvalue weighted by atomic mass is 32.2. The van der Waals surface area contributed by atoms with Gasteiger partial charge in [0.15, 0.2) is 6.23 Å². The lowest BCUT2D eigenvalue weighted by Gasteiger charge is -2.32. The fourth-order valence-corrected chi connectivity index (χ4v) is 6.96. The van der Waals surface area contributed by atoms with Crippen LogP contribution in [0.15, 0.2) is 71.6 Å². The molecule has 45 heavy (non-hydrogen) atoms. The first-order valence-corrected chi connectivity index (χ1v) is 17.3. The molecule has 0 N–H and O–H groups in total. The Hall–Kier alpha value is -3.88. The minimum atomic E-state index is -1.09. The summed E-state index contributed by atoms with van der Waals surface area (Å²) in [5, 5.41) is 4.75. The number of rotatable bonds is 9. The van der Waals surface area contributed by atoms with Crippen molar-refractivity contribution in [2.24, 2.45) is 5.92 Å². The highest BCUT2D eigenvalue weighted by Gasteiger charge is 2.29. The number of nitrogens with zero attached hydrogens (tertiary/aromatic N) is 2. The number of ether oxygens (including phenoxy) is 2. The SMILES string of the molecule is CCOC(=O)C=Cc1ccc(C(=C(c2ccc(S(C)=O)cc2C)C2CCC2)c2ccc3c(c2)c(F)nn3C2CCCCO2)cc1. The molecule has 4 aromatic rings. The van der Waals surface area contributed by atoms with Gasteiger partial charge in [-0.2, -0.15) is 4.39 Å².